The number of hydrogen-bond acceptors (Lipinski definition) is 1. The first-order chi connectivity index (χ1) is 8.98. The average Bonchev–Trinajstić information content (AvgIpc) is 2.38. The van der Waals surface area contributed by atoms with Gasteiger partial charge in [0.25, 0.3) is 0 Å². The molecule has 0 spiro atoms. The Hall–Kier alpha value is -1.44. The van der Waals surface area contributed by atoms with Crippen LogP contribution in [0.2, 0.25) is 0 Å². The number of halogens is 1. The van der Waals surface area contributed by atoms with Crippen molar-refractivity contribution < 1.29 is 9.18 Å². The number of carbonyl (C=O) groups excluding carboxylic acids is 1. The molecule has 2 heteroatoms. The first kappa shape index (κ1) is 15.6. The maximum Gasteiger partial charge on any atom is 0.142 e. The van der Waals surface area contributed by atoms with Crippen LogP contribution in [-0.2, 0) is 10.2 Å². The van der Waals surface area contributed by atoms with Gasteiger partial charge in [-0.05, 0) is 50.8 Å². The molecular formula is C17H23FO. The van der Waals surface area contributed by atoms with Crippen LogP contribution < -0.4 is 0 Å². The third-order valence-corrected chi connectivity index (χ3v) is 3.58. The summed E-state index contributed by atoms with van der Waals surface area (Å²) in [7, 11) is 0. The molecule has 0 unspecified atom stereocenters. The zero-order valence-electron chi connectivity index (χ0n) is 11.9. The number of carbonyl (C=O) groups is 1. The minimum absolute atomic E-state index is 0.220. The molecule has 0 aliphatic heterocycles. The van der Waals surface area contributed by atoms with E-state index < -0.39 is 5.41 Å². The first-order valence-electron chi connectivity index (χ1n) is 6.88. The average molecular weight is 262 g/mol. The highest BCUT2D eigenvalue weighted by atomic mass is 19.1. The van der Waals surface area contributed by atoms with Crippen LogP contribution in [0.5, 0.6) is 0 Å². The van der Waals surface area contributed by atoms with Crippen molar-refractivity contribution in [1.82, 2.24) is 0 Å². The van der Waals surface area contributed by atoms with Gasteiger partial charge in [-0.25, -0.2) is 4.39 Å². The van der Waals surface area contributed by atoms with E-state index in [0.29, 0.717) is 6.42 Å². The summed E-state index contributed by atoms with van der Waals surface area (Å²) in [6.45, 7) is 7.50. The number of unbranched alkanes of at least 4 members (excludes halogenated alkanes) is 3. The first-order valence-corrected chi connectivity index (χ1v) is 6.88. The Morgan fingerprint density at radius 2 is 1.84 bits per heavy atom. The second-order valence-electron chi connectivity index (χ2n) is 5.44. The number of benzene rings is 1. The van der Waals surface area contributed by atoms with E-state index in [1.54, 1.807) is 12.1 Å². The van der Waals surface area contributed by atoms with Crippen LogP contribution in [0.1, 0.15) is 51.5 Å². The summed E-state index contributed by atoms with van der Waals surface area (Å²) < 4.78 is 12.9. The van der Waals surface area contributed by atoms with Gasteiger partial charge in [-0.1, -0.05) is 24.6 Å². The quantitative estimate of drug-likeness (QED) is 0.485. The third-order valence-electron chi connectivity index (χ3n) is 3.58. The highest BCUT2D eigenvalue weighted by Crippen LogP contribution is 2.26. The molecule has 1 aromatic carbocycles. The molecule has 0 radical (unpaired) electrons. The Morgan fingerprint density at radius 3 is 2.42 bits per heavy atom. The summed E-state index contributed by atoms with van der Waals surface area (Å²) in [5.74, 6) is -0.0471. The van der Waals surface area contributed by atoms with Gasteiger partial charge in [0.05, 0.1) is 0 Å². The molecule has 0 fully saturated rings. The molecule has 1 rings (SSSR count). The molecule has 0 N–H and O–H groups in total. The molecule has 0 aliphatic carbocycles. The Kier molecular flexibility index (Phi) is 5.94. The summed E-state index contributed by atoms with van der Waals surface area (Å²) >= 11 is 0. The Labute approximate surface area is 115 Å². The van der Waals surface area contributed by atoms with Gasteiger partial charge < -0.3 is 0 Å². The molecule has 0 aromatic heterocycles. The zero-order valence-corrected chi connectivity index (χ0v) is 11.9. The van der Waals surface area contributed by atoms with Crippen molar-refractivity contribution in [2.24, 2.45) is 0 Å². The van der Waals surface area contributed by atoms with Crippen LogP contribution in [-0.4, -0.2) is 5.78 Å². The summed E-state index contributed by atoms with van der Waals surface area (Å²) in [5.41, 5.74) is 0.344. The lowest BCUT2D eigenvalue weighted by atomic mass is 9.79. The van der Waals surface area contributed by atoms with Crippen molar-refractivity contribution >= 4 is 5.78 Å². The molecule has 0 amide bonds. The fraction of sp³-hybridized carbons (Fsp3) is 0.471. The van der Waals surface area contributed by atoms with Crippen molar-refractivity contribution in [3.8, 4) is 0 Å². The third kappa shape index (κ3) is 4.62. The lowest BCUT2D eigenvalue weighted by Gasteiger charge is -2.23. The summed E-state index contributed by atoms with van der Waals surface area (Å²) in [6, 6.07) is 6.22. The molecule has 1 nitrogen and oxygen atoms in total. The Balaban J connectivity index is 2.54. The number of allylic oxidation sites excluding steroid dienone is 1. The van der Waals surface area contributed by atoms with Crippen LogP contribution >= 0.6 is 0 Å². The normalized spacial score (nSPS) is 11.3. The van der Waals surface area contributed by atoms with E-state index in [1.165, 1.54) is 12.1 Å². The number of ketones is 1. The molecular weight excluding hydrogens is 239 g/mol. The Bertz CT molecular complexity index is 417. The fourth-order valence-electron chi connectivity index (χ4n) is 2.09. The molecule has 0 bridgehead atoms. The van der Waals surface area contributed by atoms with Gasteiger partial charge in [0.15, 0.2) is 0 Å². The SMILES string of the molecule is C=CCCCCCC(=O)C(C)(C)c1ccc(F)cc1. The molecule has 0 saturated carbocycles. The van der Waals surface area contributed by atoms with Crippen molar-refractivity contribution in [3.05, 3.63) is 48.3 Å². The highest BCUT2D eigenvalue weighted by Gasteiger charge is 2.28. The monoisotopic (exact) mass is 262 g/mol. The molecule has 104 valence electrons. The van der Waals surface area contributed by atoms with Crippen LogP contribution in [0.3, 0.4) is 0 Å². The van der Waals surface area contributed by atoms with Gasteiger partial charge in [0, 0.05) is 11.8 Å². The van der Waals surface area contributed by atoms with E-state index in [1.807, 2.05) is 19.9 Å². The fourth-order valence-corrected chi connectivity index (χ4v) is 2.09. The van der Waals surface area contributed by atoms with E-state index in [2.05, 4.69) is 6.58 Å². The number of rotatable bonds is 8. The molecule has 0 atom stereocenters. The van der Waals surface area contributed by atoms with Crippen LogP contribution in [0.15, 0.2) is 36.9 Å². The zero-order chi connectivity index (χ0) is 14.3. The second-order valence-corrected chi connectivity index (χ2v) is 5.44. The molecule has 1 aromatic rings. The minimum atomic E-state index is -0.536. The maximum atomic E-state index is 12.9. The van der Waals surface area contributed by atoms with Gasteiger partial charge >= 0.3 is 0 Å². The van der Waals surface area contributed by atoms with Crippen molar-refractivity contribution in [3.63, 3.8) is 0 Å². The molecule has 0 saturated heterocycles. The highest BCUT2D eigenvalue weighted by molar-refractivity contribution is 5.89. The van der Waals surface area contributed by atoms with Crippen LogP contribution in [0, 0.1) is 5.82 Å². The molecule has 19 heavy (non-hydrogen) atoms. The van der Waals surface area contributed by atoms with Gasteiger partial charge in [0.1, 0.15) is 11.6 Å². The van der Waals surface area contributed by atoms with Crippen molar-refractivity contribution in [1.29, 1.82) is 0 Å². The van der Waals surface area contributed by atoms with E-state index >= 15 is 0 Å². The number of hydrogen-bond donors (Lipinski definition) is 0. The van der Waals surface area contributed by atoms with Gasteiger partial charge in [-0.3, -0.25) is 4.79 Å². The van der Waals surface area contributed by atoms with Gasteiger partial charge in [-0.15, -0.1) is 6.58 Å². The van der Waals surface area contributed by atoms with Crippen molar-refractivity contribution in [2.45, 2.75) is 51.4 Å². The minimum Gasteiger partial charge on any atom is -0.299 e. The lowest BCUT2D eigenvalue weighted by Crippen LogP contribution is -2.28. The number of Topliss-reactive ketones (excluding diaryl/α,β-unsaturated/α-hetero) is 1. The van der Waals surface area contributed by atoms with Gasteiger partial charge in [-0.2, -0.15) is 0 Å². The Morgan fingerprint density at radius 1 is 1.21 bits per heavy atom. The van der Waals surface area contributed by atoms with Gasteiger partial charge in [0.2, 0.25) is 0 Å². The van der Waals surface area contributed by atoms with E-state index in [4.69, 9.17) is 0 Å². The maximum absolute atomic E-state index is 12.9. The summed E-state index contributed by atoms with van der Waals surface area (Å²) in [5, 5.41) is 0. The summed E-state index contributed by atoms with van der Waals surface area (Å²) in [4.78, 5) is 12.3. The largest absolute Gasteiger partial charge is 0.299 e. The van der Waals surface area contributed by atoms with Crippen LogP contribution in [0.25, 0.3) is 0 Å². The smallest absolute Gasteiger partial charge is 0.142 e. The molecule has 0 heterocycles. The van der Waals surface area contributed by atoms with E-state index in [0.717, 1.165) is 31.2 Å². The topological polar surface area (TPSA) is 17.1 Å². The second kappa shape index (κ2) is 7.22. The van der Waals surface area contributed by atoms with Crippen LogP contribution in [0.4, 0.5) is 4.39 Å². The van der Waals surface area contributed by atoms with Crippen molar-refractivity contribution in [2.75, 3.05) is 0 Å². The molecule has 0 aliphatic rings. The standard InChI is InChI=1S/C17H23FO/c1-4-5-6-7-8-9-16(19)17(2,3)14-10-12-15(18)13-11-14/h4,10-13H,1,5-9H2,2-3H3. The van der Waals surface area contributed by atoms with E-state index in [9.17, 15) is 9.18 Å². The lowest BCUT2D eigenvalue weighted by molar-refractivity contribution is -0.123. The predicted octanol–water partition coefficient (Wildman–Crippen LogP) is 4.81. The predicted molar refractivity (Wildman–Crippen MR) is 77.7 cm³/mol. The van der Waals surface area contributed by atoms with E-state index in [-0.39, 0.29) is 11.6 Å². The summed E-state index contributed by atoms with van der Waals surface area (Å²) in [6.07, 6.45) is 6.56.